The van der Waals surface area contributed by atoms with Gasteiger partial charge in [-0.15, -0.1) is 0 Å². The molecule has 18 heavy (non-hydrogen) atoms. The normalized spacial score (nSPS) is 10.9. The zero-order valence-electron chi connectivity index (χ0n) is 11.0. The largest absolute Gasteiger partial charge is 0.465 e. The Balaban J connectivity index is 3.05. The maximum atomic E-state index is 11.8. The van der Waals surface area contributed by atoms with Gasteiger partial charge in [-0.25, -0.2) is 4.79 Å². The zero-order chi connectivity index (χ0) is 13.9. The molecule has 3 N–H and O–H groups in total. The number of rotatable bonds is 3. The average molecular weight is 250 g/mol. The van der Waals surface area contributed by atoms with E-state index in [1.54, 1.807) is 39.0 Å². The smallest absolute Gasteiger partial charge is 0.338 e. The van der Waals surface area contributed by atoms with Gasteiger partial charge in [0.1, 0.15) is 0 Å². The van der Waals surface area contributed by atoms with Crippen molar-refractivity contribution in [2.45, 2.75) is 26.3 Å². The molecule has 0 aromatic heterocycles. The van der Waals surface area contributed by atoms with Gasteiger partial charge in [0.25, 0.3) is 0 Å². The van der Waals surface area contributed by atoms with Gasteiger partial charge in [0.05, 0.1) is 18.2 Å². The van der Waals surface area contributed by atoms with E-state index in [1.807, 2.05) is 0 Å². The fraction of sp³-hybridized carbons (Fsp3) is 0.385. The van der Waals surface area contributed by atoms with Crippen LogP contribution in [0.3, 0.4) is 0 Å². The van der Waals surface area contributed by atoms with Crippen LogP contribution in [0.25, 0.3) is 0 Å². The number of methoxy groups -OCH3 is 1. The highest BCUT2D eigenvalue weighted by molar-refractivity contribution is 6.00. The number of hydrogen-bond acceptors (Lipinski definition) is 4. The monoisotopic (exact) mass is 250 g/mol. The minimum atomic E-state index is -0.978. The second kappa shape index (κ2) is 5.18. The molecule has 0 saturated carbocycles. The first-order chi connectivity index (χ1) is 8.27. The predicted molar refractivity (Wildman–Crippen MR) is 69.4 cm³/mol. The Hall–Kier alpha value is -1.88. The third-order valence-corrected chi connectivity index (χ3v) is 2.57. The first kappa shape index (κ1) is 14.2. The van der Waals surface area contributed by atoms with Crippen molar-refractivity contribution < 1.29 is 14.3 Å². The Morgan fingerprint density at radius 3 is 2.44 bits per heavy atom. The standard InChI is InChI=1S/C13H18N2O3/c1-8-9(11(16)18-4)6-5-7-10(8)15-12(17)13(2,3)14/h5-7H,14H2,1-4H3,(H,15,17). The molecule has 0 radical (unpaired) electrons. The van der Waals surface area contributed by atoms with Crippen molar-refractivity contribution in [2.24, 2.45) is 5.73 Å². The Labute approximate surface area is 106 Å². The lowest BCUT2D eigenvalue weighted by molar-refractivity contribution is -0.120. The minimum Gasteiger partial charge on any atom is -0.465 e. The number of amides is 1. The van der Waals surface area contributed by atoms with Crippen LogP contribution in [-0.2, 0) is 9.53 Å². The number of nitrogens with one attached hydrogen (secondary N) is 1. The molecule has 0 aliphatic rings. The van der Waals surface area contributed by atoms with E-state index in [4.69, 9.17) is 5.73 Å². The van der Waals surface area contributed by atoms with E-state index in [0.29, 0.717) is 16.8 Å². The van der Waals surface area contributed by atoms with Gasteiger partial charge in [-0.2, -0.15) is 0 Å². The summed E-state index contributed by atoms with van der Waals surface area (Å²) in [5.41, 5.74) is 6.35. The molecule has 98 valence electrons. The molecule has 0 aliphatic carbocycles. The molecule has 1 aromatic rings. The molecule has 1 rings (SSSR count). The van der Waals surface area contributed by atoms with Gasteiger partial charge in [0.15, 0.2) is 0 Å². The van der Waals surface area contributed by atoms with E-state index < -0.39 is 11.5 Å². The van der Waals surface area contributed by atoms with Crippen molar-refractivity contribution in [2.75, 3.05) is 12.4 Å². The summed E-state index contributed by atoms with van der Waals surface area (Å²) in [7, 11) is 1.32. The summed E-state index contributed by atoms with van der Waals surface area (Å²) in [4.78, 5) is 23.3. The van der Waals surface area contributed by atoms with E-state index in [2.05, 4.69) is 10.1 Å². The van der Waals surface area contributed by atoms with Gasteiger partial charge in [-0.1, -0.05) is 6.07 Å². The Kier molecular flexibility index (Phi) is 4.08. The maximum Gasteiger partial charge on any atom is 0.338 e. The summed E-state index contributed by atoms with van der Waals surface area (Å²) >= 11 is 0. The second-order valence-corrected chi connectivity index (χ2v) is 4.65. The number of nitrogens with two attached hydrogens (primary N) is 1. The van der Waals surface area contributed by atoms with Crippen LogP contribution in [0.2, 0.25) is 0 Å². The molecule has 5 nitrogen and oxygen atoms in total. The summed E-state index contributed by atoms with van der Waals surface area (Å²) in [5.74, 6) is -0.747. The van der Waals surface area contributed by atoms with E-state index in [-0.39, 0.29) is 5.91 Å². The summed E-state index contributed by atoms with van der Waals surface area (Å²) < 4.78 is 4.67. The fourth-order valence-corrected chi connectivity index (χ4v) is 1.39. The fourth-order valence-electron chi connectivity index (χ4n) is 1.39. The topological polar surface area (TPSA) is 81.4 Å². The van der Waals surface area contributed by atoms with Crippen LogP contribution >= 0.6 is 0 Å². The lowest BCUT2D eigenvalue weighted by Gasteiger charge is -2.19. The van der Waals surface area contributed by atoms with Crippen molar-refractivity contribution in [1.82, 2.24) is 0 Å². The highest BCUT2D eigenvalue weighted by Gasteiger charge is 2.23. The van der Waals surface area contributed by atoms with Gasteiger partial charge < -0.3 is 15.8 Å². The summed E-state index contributed by atoms with van der Waals surface area (Å²) in [6.45, 7) is 4.97. The lowest BCUT2D eigenvalue weighted by Crippen LogP contribution is -2.45. The highest BCUT2D eigenvalue weighted by atomic mass is 16.5. The molecule has 0 atom stereocenters. The highest BCUT2D eigenvalue weighted by Crippen LogP contribution is 2.20. The van der Waals surface area contributed by atoms with Crippen molar-refractivity contribution >= 4 is 17.6 Å². The first-order valence-corrected chi connectivity index (χ1v) is 5.55. The number of ether oxygens (including phenoxy) is 1. The van der Waals surface area contributed by atoms with Crippen molar-refractivity contribution in [3.8, 4) is 0 Å². The number of hydrogen-bond donors (Lipinski definition) is 2. The van der Waals surface area contributed by atoms with Gasteiger partial charge in [-0.3, -0.25) is 4.79 Å². The van der Waals surface area contributed by atoms with Gasteiger partial charge >= 0.3 is 5.97 Å². The third-order valence-electron chi connectivity index (χ3n) is 2.57. The Bertz CT molecular complexity index is 476. The van der Waals surface area contributed by atoms with Crippen LogP contribution in [0, 0.1) is 6.92 Å². The number of carbonyl (C=O) groups is 2. The molecule has 0 unspecified atom stereocenters. The van der Waals surface area contributed by atoms with Crippen LogP contribution in [0.5, 0.6) is 0 Å². The molecule has 0 fully saturated rings. The molecular weight excluding hydrogens is 232 g/mol. The van der Waals surface area contributed by atoms with E-state index in [9.17, 15) is 9.59 Å². The van der Waals surface area contributed by atoms with Crippen LogP contribution in [0.1, 0.15) is 29.8 Å². The van der Waals surface area contributed by atoms with E-state index in [0.717, 1.165) is 0 Å². The number of carbonyl (C=O) groups excluding carboxylic acids is 2. The van der Waals surface area contributed by atoms with Crippen LogP contribution in [0.4, 0.5) is 5.69 Å². The number of anilines is 1. The van der Waals surface area contributed by atoms with Gasteiger partial charge in [0, 0.05) is 5.69 Å². The number of esters is 1. The minimum absolute atomic E-state index is 0.312. The summed E-state index contributed by atoms with van der Waals surface area (Å²) in [6.07, 6.45) is 0. The van der Waals surface area contributed by atoms with Gasteiger partial charge in [0.2, 0.25) is 5.91 Å². The predicted octanol–water partition coefficient (Wildman–Crippen LogP) is 1.46. The van der Waals surface area contributed by atoms with Crippen molar-refractivity contribution in [3.63, 3.8) is 0 Å². The molecule has 1 amide bonds. The molecular formula is C13H18N2O3. The second-order valence-electron chi connectivity index (χ2n) is 4.65. The molecule has 0 saturated heterocycles. The molecule has 1 aromatic carbocycles. The Morgan fingerprint density at radius 1 is 1.33 bits per heavy atom. The van der Waals surface area contributed by atoms with Gasteiger partial charge in [-0.05, 0) is 38.5 Å². The quantitative estimate of drug-likeness (QED) is 0.796. The van der Waals surface area contributed by atoms with Crippen LogP contribution < -0.4 is 11.1 Å². The van der Waals surface area contributed by atoms with E-state index >= 15 is 0 Å². The van der Waals surface area contributed by atoms with Crippen molar-refractivity contribution in [1.29, 1.82) is 0 Å². The van der Waals surface area contributed by atoms with Crippen molar-refractivity contribution in [3.05, 3.63) is 29.3 Å². The number of benzene rings is 1. The first-order valence-electron chi connectivity index (χ1n) is 5.55. The zero-order valence-corrected chi connectivity index (χ0v) is 11.0. The summed E-state index contributed by atoms with van der Waals surface area (Å²) in [5, 5.41) is 2.70. The van der Waals surface area contributed by atoms with Crippen LogP contribution in [0.15, 0.2) is 18.2 Å². The molecule has 0 heterocycles. The lowest BCUT2D eigenvalue weighted by atomic mass is 10.0. The third kappa shape index (κ3) is 3.07. The molecule has 0 spiro atoms. The van der Waals surface area contributed by atoms with E-state index in [1.165, 1.54) is 7.11 Å². The Morgan fingerprint density at radius 2 is 1.94 bits per heavy atom. The SMILES string of the molecule is COC(=O)c1cccc(NC(=O)C(C)(C)N)c1C. The van der Waals surface area contributed by atoms with Crippen LogP contribution in [-0.4, -0.2) is 24.5 Å². The molecule has 0 bridgehead atoms. The average Bonchev–Trinajstić information content (AvgIpc) is 2.29. The summed E-state index contributed by atoms with van der Waals surface area (Å²) in [6, 6.07) is 5.04. The maximum absolute atomic E-state index is 11.8. The molecule has 5 heteroatoms. The molecule has 0 aliphatic heterocycles.